The quantitative estimate of drug-likeness (QED) is 0.0261. The third-order valence-electron chi connectivity index (χ3n) is 13.0. The van der Waals surface area contributed by atoms with E-state index in [4.69, 9.17) is 14.2 Å². The number of hydrogen-bond acceptors (Lipinski definition) is 6. The zero-order valence-corrected chi connectivity index (χ0v) is 50.8. The van der Waals surface area contributed by atoms with Gasteiger partial charge in [-0.05, 0) is 128 Å². The highest BCUT2D eigenvalue weighted by atomic mass is 16.6. The molecule has 0 aromatic rings. The Morgan fingerprint density at radius 3 is 0.785 bits per heavy atom. The van der Waals surface area contributed by atoms with Gasteiger partial charge in [0.15, 0.2) is 6.10 Å². The molecule has 0 N–H and O–H groups in total. The van der Waals surface area contributed by atoms with E-state index in [-0.39, 0.29) is 37.5 Å². The summed E-state index contributed by atoms with van der Waals surface area (Å²) in [5, 5.41) is 0. The second kappa shape index (κ2) is 65.5. The molecule has 0 saturated heterocycles. The van der Waals surface area contributed by atoms with Crippen molar-refractivity contribution >= 4 is 17.9 Å². The van der Waals surface area contributed by atoms with E-state index in [1.807, 2.05) is 0 Å². The van der Waals surface area contributed by atoms with Crippen LogP contribution in [-0.4, -0.2) is 37.2 Å². The van der Waals surface area contributed by atoms with E-state index in [0.717, 1.165) is 161 Å². The van der Waals surface area contributed by atoms with Crippen LogP contribution in [0.2, 0.25) is 0 Å². The van der Waals surface area contributed by atoms with Crippen LogP contribution in [0.25, 0.3) is 0 Å². The molecule has 0 fully saturated rings. The van der Waals surface area contributed by atoms with E-state index >= 15 is 0 Å². The molecule has 0 aliphatic rings. The minimum atomic E-state index is -0.800. The van der Waals surface area contributed by atoms with Crippen LogP contribution in [0.3, 0.4) is 0 Å². The first-order valence-corrected chi connectivity index (χ1v) is 32.0. The molecule has 0 aromatic carbocycles. The Morgan fingerprint density at radius 2 is 0.494 bits per heavy atom. The standard InChI is InChI=1S/C73H116O6/c1-4-7-10-13-15-17-19-21-23-25-27-29-31-33-34-35-36-37-38-40-41-43-45-47-49-51-53-55-57-60-63-66-72(75)78-69-70(68-77-71(74)65-62-59-12-9-6-3)79-73(76)67-64-61-58-56-54-52-50-48-46-44-42-39-32-30-28-26-24-22-20-18-16-14-11-8-5-2/h7-8,10-11,15-18,21-24,27-30,33-34,36-37,39,42,46,48,52,54,70H,4-6,9,12-14,19-20,25-26,31-32,35,38,40-41,43-45,47,49-51,53,55-69H2,1-3H3/b10-7-,11-8-,17-15-,18-16-,23-21-,24-22-,29-27-,30-28-,34-33-,37-36-,42-39-,48-46-,54-52-. The van der Waals surface area contributed by atoms with Gasteiger partial charge in [-0.15, -0.1) is 0 Å². The molecule has 0 aliphatic heterocycles. The highest BCUT2D eigenvalue weighted by Gasteiger charge is 2.19. The number of rotatable bonds is 56. The highest BCUT2D eigenvalue weighted by molar-refractivity contribution is 5.71. The van der Waals surface area contributed by atoms with Crippen molar-refractivity contribution in [3.8, 4) is 0 Å². The van der Waals surface area contributed by atoms with Gasteiger partial charge >= 0.3 is 17.9 Å². The molecule has 0 aliphatic carbocycles. The molecule has 6 nitrogen and oxygen atoms in total. The molecular formula is C73H116O6. The topological polar surface area (TPSA) is 78.9 Å². The summed E-state index contributed by atoms with van der Waals surface area (Å²) in [6.45, 7) is 6.29. The van der Waals surface area contributed by atoms with Gasteiger partial charge in [-0.1, -0.05) is 275 Å². The first kappa shape index (κ1) is 74.0. The van der Waals surface area contributed by atoms with Gasteiger partial charge in [0.25, 0.3) is 0 Å². The summed E-state index contributed by atoms with van der Waals surface area (Å²) in [5.74, 6) is -0.951. The second-order valence-electron chi connectivity index (χ2n) is 20.6. The summed E-state index contributed by atoms with van der Waals surface area (Å²) >= 11 is 0. The number of carbonyl (C=O) groups excluding carboxylic acids is 3. The molecule has 0 heterocycles. The van der Waals surface area contributed by atoms with Gasteiger partial charge < -0.3 is 14.2 Å². The molecule has 444 valence electrons. The summed E-state index contributed by atoms with van der Waals surface area (Å²) in [4.78, 5) is 37.9. The molecule has 0 spiro atoms. The summed E-state index contributed by atoms with van der Waals surface area (Å²) in [6.07, 6.45) is 95.8. The van der Waals surface area contributed by atoms with E-state index in [1.165, 1.54) is 64.2 Å². The number of esters is 3. The van der Waals surface area contributed by atoms with Crippen molar-refractivity contribution in [3.63, 3.8) is 0 Å². The molecule has 0 radical (unpaired) electrons. The van der Waals surface area contributed by atoms with Crippen molar-refractivity contribution in [1.29, 1.82) is 0 Å². The third-order valence-corrected chi connectivity index (χ3v) is 13.0. The lowest BCUT2D eigenvalue weighted by Crippen LogP contribution is -2.30. The van der Waals surface area contributed by atoms with Crippen molar-refractivity contribution in [3.05, 3.63) is 158 Å². The maximum absolute atomic E-state index is 12.8. The van der Waals surface area contributed by atoms with E-state index in [9.17, 15) is 14.4 Å². The van der Waals surface area contributed by atoms with Crippen molar-refractivity contribution < 1.29 is 28.6 Å². The van der Waals surface area contributed by atoms with Crippen LogP contribution in [0.1, 0.15) is 265 Å². The SMILES string of the molecule is CC/C=C\C/C=C\C/C=C\C/C=C\C/C=C\C/C=C\C/C=C\CCCCCC(=O)OC(COC(=O)CCCCCCC)COC(=O)CCCCCCCCCCCCCC/C=C\C/C=C\C/C=C\C/C=C\C/C=C\C/C=C\CC. The van der Waals surface area contributed by atoms with Crippen LogP contribution >= 0.6 is 0 Å². The summed E-state index contributed by atoms with van der Waals surface area (Å²) < 4.78 is 16.7. The lowest BCUT2D eigenvalue weighted by molar-refractivity contribution is -0.167. The van der Waals surface area contributed by atoms with Crippen molar-refractivity contribution in [1.82, 2.24) is 0 Å². The Hall–Kier alpha value is -4.97. The zero-order valence-electron chi connectivity index (χ0n) is 50.8. The van der Waals surface area contributed by atoms with Crippen LogP contribution in [-0.2, 0) is 28.6 Å². The average molecular weight is 1090 g/mol. The first-order chi connectivity index (χ1) is 39.0. The molecule has 6 heteroatoms. The molecule has 0 aromatic heterocycles. The lowest BCUT2D eigenvalue weighted by Gasteiger charge is -2.18. The summed E-state index contributed by atoms with van der Waals surface area (Å²) in [7, 11) is 0. The molecule has 0 amide bonds. The van der Waals surface area contributed by atoms with Crippen LogP contribution < -0.4 is 0 Å². The number of ether oxygens (including phenoxy) is 3. The van der Waals surface area contributed by atoms with Crippen LogP contribution in [0.5, 0.6) is 0 Å². The van der Waals surface area contributed by atoms with Crippen LogP contribution in [0.15, 0.2) is 158 Å². The van der Waals surface area contributed by atoms with Crippen molar-refractivity contribution in [2.24, 2.45) is 0 Å². The fourth-order valence-corrected chi connectivity index (χ4v) is 8.31. The molecule has 1 unspecified atom stereocenters. The maximum Gasteiger partial charge on any atom is 0.306 e. The average Bonchev–Trinajstić information content (AvgIpc) is 3.45. The number of carbonyl (C=O) groups is 3. The van der Waals surface area contributed by atoms with Crippen LogP contribution in [0, 0.1) is 0 Å². The molecule has 1 atom stereocenters. The Bertz CT molecular complexity index is 1780. The van der Waals surface area contributed by atoms with Gasteiger partial charge in [-0.3, -0.25) is 14.4 Å². The zero-order chi connectivity index (χ0) is 57.1. The van der Waals surface area contributed by atoms with E-state index < -0.39 is 6.10 Å². The van der Waals surface area contributed by atoms with Gasteiger partial charge in [-0.2, -0.15) is 0 Å². The predicted octanol–water partition coefficient (Wildman–Crippen LogP) is 22.1. The molecule has 0 saturated carbocycles. The van der Waals surface area contributed by atoms with Gasteiger partial charge in [0.1, 0.15) is 13.2 Å². The van der Waals surface area contributed by atoms with Crippen molar-refractivity contribution in [2.75, 3.05) is 13.2 Å². The van der Waals surface area contributed by atoms with Gasteiger partial charge in [-0.25, -0.2) is 0 Å². The fraction of sp³-hybridized carbons (Fsp3) is 0.603. The first-order valence-electron chi connectivity index (χ1n) is 32.0. The highest BCUT2D eigenvalue weighted by Crippen LogP contribution is 2.15. The van der Waals surface area contributed by atoms with Crippen LogP contribution in [0.4, 0.5) is 0 Å². The van der Waals surface area contributed by atoms with Gasteiger partial charge in [0.2, 0.25) is 0 Å². The molecule has 79 heavy (non-hydrogen) atoms. The largest absolute Gasteiger partial charge is 0.462 e. The van der Waals surface area contributed by atoms with E-state index in [2.05, 4.69) is 179 Å². The van der Waals surface area contributed by atoms with Gasteiger partial charge in [0, 0.05) is 19.3 Å². The molecule has 0 rings (SSSR count). The summed E-state index contributed by atoms with van der Waals surface area (Å²) in [5.41, 5.74) is 0. The number of hydrogen-bond donors (Lipinski definition) is 0. The third kappa shape index (κ3) is 63.7. The predicted molar refractivity (Wildman–Crippen MR) is 343 cm³/mol. The monoisotopic (exact) mass is 1090 g/mol. The Morgan fingerprint density at radius 1 is 0.266 bits per heavy atom. The van der Waals surface area contributed by atoms with E-state index in [0.29, 0.717) is 12.8 Å². The van der Waals surface area contributed by atoms with Crippen molar-refractivity contribution in [2.45, 2.75) is 271 Å². The Balaban J connectivity index is 4.13. The number of allylic oxidation sites excluding steroid dienone is 26. The molecular weight excluding hydrogens is 973 g/mol. The van der Waals surface area contributed by atoms with Gasteiger partial charge in [0.05, 0.1) is 0 Å². The van der Waals surface area contributed by atoms with E-state index in [1.54, 1.807) is 0 Å². The number of unbranched alkanes of at least 4 members (excludes halogenated alkanes) is 19. The minimum absolute atomic E-state index is 0.0978. The Kier molecular flexibility index (Phi) is 61.4. The lowest BCUT2D eigenvalue weighted by atomic mass is 10.0. The molecule has 0 bridgehead atoms. The second-order valence-corrected chi connectivity index (χ2v) is 20.6. The maximum atomic E-state index is 12.8. The minimum Gasteiger partial charge on any atom is -0.462 e. The normalized spacial score (nSPS) is 13.2. The Labute approximate surface area is 486 Å². The fourth-order valence-electron chi connectivity index (χ4n) is 8.31. The summed E-state index contributed by atoms with van der Waals surface area (Å²) in [6, 6.07) is 0. The smallest absolute Gasteiger partial charge is 0.306 e.